The third kappa shape index (κ3) is 5.38. The van der Waals surface area contributed by atoms with Gasteiger partial charge in [0.1, 0.15) is 18.0 Å². The number of halogens is 3. The summed E-state index contributed by atoms with van der Waals surface area (Å²) in [5.41, 5.74) is 9.60. The number of anilines is 4. The van der Waals surface area contributed by atoms with Crippen molar-refractivity contribution in [3.63, 3.8) is 0 Å². The first-order valence-electron chi connectivity index (χ1n) is 10.1. The Morgan fingerprint density at radius 3 is 2.58 bits per heavy atom. The minimum atomic E-state index is -4.38. The number of hydrogen-bond donors (Lipinski definition) is 3. The van der Waals surface area contributed by atoms with E-state index >= 15 is 0 Å². The van der Waals surface area contributed by atoms with Crippen LogP contribution >= 0.6 is 0 Å². The van der Waals surface area contributed by atoms with Gasteiger partial charge in [-0.2, -0.15) is 13.2 Å². The lowest BCUT2D eigenvalue weighted by Crippen LogP contribution is -2.06. The fraction of sp³-hybridized carbons (Fsp3) is 0.125. The van der Waals surface area contributed by atoms with Gasteiger partial charge in [0.05, 0.1) is 11.3 Å². The van der Waals surface area contributed by atoms with Gasteiger partial charge in [-0.15, -0.1) is 0 Å². The molecule has 0 aliphatic heterocycles. The third-order valence-corrected chi connectivity index (χ3v) is 5.01. The smallest absolute Gasteiger partial charge is 0.384 e. The highest BCUT2D eigenvalue weighted by Gasteiger charge is 2.30. The number of aromatic nitrogens is 3. The van der Waals surface area contributed by atoms with Gasteiger partial charge < -0.3 is 16.4 Å². The number of nitrogens with zero attached hydrogens (tertiary/aromatic N) is 3. The van der Waals surface area contributed by atoms with Crippen LogP contribution in [0.2, 0.25) is 0 Å². The number of nitrogens with one attached hydrogen (secondary N) is 2. The molecule has 4 rings (SSSR count). The summed E-state index contributed by atoms with van der Waals surface area (Å²) in [5.74, 6) is 0.954. The maximum atomic E-state index is 13.0. The normalized spacial score (nSPS) is 11.3. The number of rotatable bonds is 6. The van der Waals surface area contributed by atoms with Crippen molar-refractivity contribution in [1.29, 1.82) is 0 Å². The number of aryl methyl sites for hydroxylation is 1. The number of hydrogen-bond acceptors (Lipinski definition) is 6. The fourth-order valence-electron chi connectivity index (χ4n) is 3.28. The molecule has 2 heterocycles. The van der Waals surface area contributed by atoms with Crippen molar-refractivity contribution in [2.45, 2.75) is 19.6 Å². The van der Waals surface area contributed by atoms with E-state index in [1.807, 2.05) is 31.2 Å². The summed E-state index contributed by atoms with van der Waals surface area (Å²) in [7, 11) is 0. The number of pyridine rings is 1. The van der Waals surface area contributed by atoms with Gasteiger partial charge in [0.25, 0.3) is 0 Å². The highest BCUT2D eigenvalue weighted by Crippen LogP contribution is 2.31. The Bertz CT molecular complexity index is 1270. The Morgan fingerprint density at radius 1 is 0.939 bits per heavy atom. The van der Waals surface area contributed by atoms with Gasteiger partial charge in [0, 0.05) is 35.7 Å². The standard InChI is InChI=1S/C24H21F3N6/c1-15-7-8-16(13-30-18-5-2-4-17(11-18)24(25,26)27)10-20(15)33-23-19(6-3-9-29-23)21-12-22(28)32-14-31-21/h2-12,14,30H,13H2,1H3,(H,29,33)(H2,28,31,32). The van der Waals surface area contributed by atoms with Crippen LogP contribution < -0.4 is 16.4 Å². The summed E-state index contributed by atoms with van der Waals surface area (Å²) < 4.78 is 38.9. The summed E-state index contributed by atoms with van der Waals surface area (Å²) in [6.07, 6.45) is -1.31. The molecule has 0 saturated heterocycles. The zero-order valence-corrected chi connectivity index (χ0v) is 17.7. The fourth-order valence-corrected chi connectivity index (χ4v) is 3.28. The van der Waals surface area contributed by atoms with Crippen molar-refractivity contribution in [1.82, 2.24) is 15.0 Å². The molecule has 0 spiro atoms. The van der Waals surface area contributed by atoms with E-state index in [2.05, 4.69) is 25.6 Å². The third-order valence-electron chi connectivity index (χ3n) is 5.01. The molecule has 33 heavy (non-hydrogen) atoms. The molecule has 0 saturated carbocycles. The Morgan fingerprint density at radius 2 is 1.79 bits per heavy atom. The molecule has 168 valence electrons. The topological polar surface area (TPSA) is 88.8 Å². The Labute approximate surface area is 188 Å². The van der Waals surface area contributed by atoms with Crippen molar-refractivity contribution >= 4 is 23.0 Å². The molecule has 0 unspecified atom stereocenters. The first-order valence-corrected chi connectivity index (χ1v) is 10.1. The van der Waals surface area contributed by atoms with Crippen LogP contribution in [0.15, 0.2) is 73.2 Å². The number of nitrogens with two attached hydrogens (primary N) is 1. The van der Waals surface area contributed by atoms with E-state index in [4.69, 9.17) is 5.73 Å². The van der Waals surface area contributed by atoms with E-state index < -0.39 is 11.7 Å². The van der Waals surface area contributed by atoms with Crippen LogP contribution in [0.25, 0.3) is 11.3 Å². The van der Waals surface area contributed by atoms with Gasteiger partial charge in [-0.1, -0.05) is 18.2 Å². The molecule has 6 nitrogen and oxygen atoms in total. The lowest BCUT2D eigenvalue weighted by atomic mass is 10.1. The van der Waals surface area contributed by atoms with Crippen LogP contribution in [-0.2, 0) is 12.7 Å². The van der Waals surface area contributed by atoms with Crippen LogP contribution in [0.4, 0.5) is 36.2 Å². The van der Waals surface area contributed by atoms with Crippen molar-refractivity contribution in [2.75, 3.05) is 16.4 Å². The molecule has 0 bridgehead atoms. The minimum Gasteiger partial charge on any atom is -0.384 e. The maximum absolute atomic E-state index is 13.0. The van der Waals surface area contributed by atoms with E-state index in [0.717, 1.165) is 34.5 Å². The first-order chi connectivity index (χ1) is 15.8. The van der Waals surface area contributed by atoms with Crippen molar-refractivity contribution < 1.29 is 13.2 Å². The Hall–Kier alpha value is -4.14. The Balaban J connectivity index is 1.55. The average Bonchev–Trinajstić information content (AvgIpc) is 2.79. The number of alkyl halides is 3. The van der Waals surface area contributed by atoms with E-state index in [1.54, 1.807) is 24.4 Å². The van der Waals surface area contributed by atoms with Gasteiger partial charge in [0.2, 0.25) is 0 Å². The molecule has 2 aromatic heterocycles. The lowest BCUT2D eigenvalue weighted by Gasteiger charge is -2.15. The summed E-state index contributed by atoms with van der Waals surface area (Å²) in [6.45, 7) is 2.31. The molecule has 2 aromatic carbocycles. The number of nitrogen functional groups attached to an aromatic ring is 1. The highest BCUT2D eigenvalue weighted by molar-refractivity contribution is 5.77. The van der Waals surface area contributed by atoms with Gasteiger partial charge in [0.15, 0.2) is 0 Å². The predicted molar refractivity (Wildman–Crippen MR) is 123 cm³/mol. The van der Waals surface area contributed by atoms with Crippen LogP contribution in [0.3, 0.4) is 0 Å². The minimum absolute atomic E-state index is 0.355. The van der Waals surface area contributed by atoms with E-state index in [9.17, 15) is 13.2 Å². The second kappa shape index (κ2) is 9.15. The lowest BCUT2D eigenvalue weighted by molar-refractivity contribution is -0.137. The van der Waals surface area contributed by atoms with E-state index in [0.29, 0.717) is 29.6 Å². The molecule has 0 fully saturated rings. The molecule has 0 amide bonds. The van der Waals surface area contributed by atoms with Crippen LogP contribution in [0.1, 0.15) is 16.7 Å². The molecule has 0 aliphatic rings. The second-order valence-corrected chi connectivity index (χ2v) is 7.43. The molecule has 9 heteroatoms. The van der Waals surface area contributed by atoms with E-state index in [-0.39, 0.29) is 0 Å². The average molecular weight is 450 g/mol. The van der Waals surface area contributed by atoms with E-state index in [1.165, 1.54) is 12.4 Å². The summed E-state index contributed by atoms with van der Waals surface area (Å²) in [5, 5.41) is 6.39. The summed E-state index contributed by atoms with van der Waals surface area (Å²) in [4.78, 5) is 12.6. The molecule has 0 aliphatic carbocycles. The van der Waals surface area contributed by atoms with Gasteiger partial charge in [-0.3, -0.25) is 0 Å². The van der Waals surface area contributed by atoms with Crippen molar-refractivity contribution in [3.8, 4) is 11.3 Å². The molecule has 0 radical (unpaired) electrons. The zero-order valence-electron chi connectivity index (χ0n) is 17.7. The van der Waals surface area contributed by atoms with Crippen LogP contribution in [-0.4, -0.2) is 15.0 Å². The predicted octanol–water partition coefficient (Wildman–Crippen LogP) is 5.80. The largest absolute Gasteiger partial charge is 0.416 e. The molecule has 0 atom stereocenters. The van der Waals surface area contributed by atoms with Gasteiger partial charge in [-0.05, 0) is 54.4 Å². The summed E-state index contributed by atoms with van der Waals surface area (Å²) in [6, 6.07) is 16.3. The quantitative estimate of drug-likeness (QED) is 0.344. The highest BCUT2D eigenvalue weighted by atomic mass is 19.4. The molecule has 4 aromatic rings. The van der Waals surface area contributed by atoms with Gasteiger partial charge in [-0.25, -0.2) is 15.0 Å². The van der Waals surface area contributed by atoms with Crippen molar-refractivity contribution in [2.24, 2.45) is 0 Å². The molecular formula is C24H21F3N6. The monoisotopic (exact) mass is 450 g/mol. The second-order valence-electron chi connectivity index (χ2n) is 7.43. The zero-order chi connectivity index (χ0) is 23.4. The maximum Gasteiger partial charge on any atom is 0.416 e. The van der Waals surface area contributed by atoms with Crippen LogP contribution in [0, 0.1) is 6.92 Å². The molecular weight excluding hydrogens is 429 g/mol. The Kier molecular flexibility index (Phi) is 6.12. The van der Waals surface area contributed by atoms with Crippen molar-refractivity contribution in [3.05, 3.63) is 89.9 Å². The SMILES string of the molecule is Cc1ccc(CNc2cccc(C(F)(F)F)c2)cc1Nc1ncccc1-c1cc(N)ncn1. The van der Waals surface area contributed by atoms with Gasteiger partial charge >= 0.3 is 6.18 Å². The molecule has 4 N–H and O–H groups in total. The van der Waals surface area contributed by atoms with Crippen LogP contribution in [0.5, 0.6) is 0 Å². The number of benzene rings is 2. The summed E-state index contributed by atoms with van der Waals surface area (Å²) >= 11 is 0. The first kappa shape index (κ1) is 22.1.